The van der Waals surface area contributed by atoms with Crippen LogP contribution in [0.15, 0.2) is 71.2 Å². The van der Waals surface area contributed by atoms with E-state index in [0.717, 1.165) is 21.3 Å². The molecule has 3 aromatic carbocycles. The van der Waals surface area contributed by atoms with E-state index in [2.05, 4.69) is 26.1 Å². The van der Waals surface area contributed by atoms with Gasteiger partial charge in [0, 0.05) is 36.2 Å². The van der Waals surface area contributed by atoms with Gasteiger partial charge in [0.2, 0.25) is 5.91 Å². The van der Waals surface area contributed by atoms with Crippen LogP contribution in [0, 0.1) is 6.92 Å². The summed E-state index contributed by atoms with van der Waals surface area (Å²) in [6, 6.07) is 20.9. The van der Waals surface area contributed by atoms with Crippen molar-refractivity contribution in [3.63, 3.8) is 0 Å². The lowest BCUT2D eigenvalue weighted by atomic mass is 10.1. The van der Waals surface area contributed by atoms with Crippen molar-refractivity contribution in [2.45, 2.75) is 13.3 Å². The second-order valence-electron chi connectivity index (χ2n) is 8.13. The van der Waals surface area contributed by atoms with Gasteiger partial charge in [0.25, 0.3) is 5.91 Å². The number of hydrogen-bond acceptors (Lipinski definition) is 3. The van der Waals surface area contributed by atoms with Gasteiger partial charge in [-0.3, -0.25) is 9.59 Å². The minimum atomic E-state index is -0.103. The Labute approximate surface area is 207 Å². The molecule has 0 radical (unpaired) electrons. The van der Waals surface area contributed by atoms with Gasteiger partial charge in [0.05, 0.1) is 22.8 Å². The zero-order valence-electron chi connectivity index (χ0n) is 18.4. The monoisotopic (exact) mass is 525 g/mol. The molecular formula is C26H25BrClN3O2. The Hall–Kier alpha value is -2.83. The highest BCUT2D eigenvalue weighted by Gasteiger charge is 2.25. The van der Waals surface area contributed by atoms with Crippen LogP contribution in [0.4, 0.5) is 11.4 Å². The van der Waals surface area contributed by atoms with Gasteiger partial charge in [0.15, 0.2) is 0 Å². The molecule has 0 saturated carbocycles. The Morgan fingerprint density at radius 2 is 1.61 bits per heavy atom. The molecule has 1 N–H and O–H groups in total. The van der Waals surface area contributed by atoms with Crippen molar-refractivity contribution in [3.05, 3.63) is 92.9 Å². The molecule has 5 nitrogen and oxygen atoms in total. The lowest BCUT2D eigenvalue weighted by molar-refractivity contribution is -0.115. The largest absolute Gasteiger partial charge is 0.365 e. The smallest absolute Gasteiger partial charge is 0.253 e. The van der Waals surface area contributed by atoms with Crippen molar-refractivity contribution in [1.29, 1.82) is 0 Å². The molecule has 0 aromatic heterocycles. The number of anilines is 2. The number of rotatable bonds is 5. The van der Waals surface area contributed by atoms with Crippen LogP contribution in [0.3, 0.4) is 0 Å². The molecule has 4 rings (SSSR count). The summed E-state index contributed by atoms with van der Waals surface area (Å²) in [4.78, 5) is 29.5. The fourth-order valence-corrected chi connectivity index (χ4v) is 4.49. The number of carbonyl (C=O) groups excluding carboxylic acids is 2. The number of amides is 2. The number of nitrogens with one attached hydrogen (secondary N) is 1. The summed E-state index contributed by atoms with van der Waals surface area (Å²) in [5.41, 5.74) is 4.24. The second-order valence-corrected chi connectivity index (χ2v) is 9.46. The van der Waals surface area contributed by atoms with Gasteiger partial charge < -0.3 is 15.1 Å². The lowest BCUT2D eigenvalue weighted by Crippen LogP contribution is -2.49. The van der Waals surface area contributed by atoms with Crippen LogP contribution < -0.4 is 10.2 Å². The van der Waals surface area contributed by atoms with Crippen LogP contribution in [0.25, 0.3) is 0 Å². The number of benzene rings is 3. The van der Waals surface area contributed by atoms with E-state index >= 15 is 0 Å². The van der Waals surface area contributed by atoms with Crippen molar-refractivity contribution < 1.29 is 9.59 Å². The maximum atomic E-state index is 12.8. The predicted octanol–water partition coefficient (Wildman–Crippen LogP) is 5.55. The Balaban J connectivity index is 1.43. The van der Waals surface area contributed by atoms with Crippen molar-refractivity contribution in [3.8, 4) is 0 Å². The summed E-state index contributed by atoms with van der Waals surface area (Å²) < 4.78 is 0.976. The molecular weight excluding hydrogens is 502 g/mol. The van der Waals surface area contributed by atoms with Crippen LogP contribution in [0.1, 0.15) is 21.5 Å². The normalized spacial score (nSPS) is 13.7. The predicted molar refractivity (Wildman–Crippen MR) is 137 cm³/mol. The summed E-state index contributed by atoms with van der Waals surface area (Å²) in [6.07, 6.45) is 0.276. The summed E-state index contributed by atoms with van der Waals surface area (Å²) in [5, 5.41) is 3.60. The SMILES string of the molecule is Cc1ccc(C(=O)N2CCN(c3c(Cl)cccc3NC(=O)Cc3ccc(Br)cc3)CC2)cc1. The zero-order valence-corrected chi connectivity index (χ0v) is 20.7. The molecule has 1 aliphatic heterocycles. The van der Waals surface area contributed by atoms with Crippen LogP contribution in [0.5, 0.6) is 0 Å². The summed E-state index contributed by atoms with van der Waals surface area (Å²) in [6.45, 7) is 4.45. The molecule has 3 aromatic rings. The number of piperazine rings is 1. The van der Waals surface area contributed by atoms with Gasteiger partial charge in [-0.1, -0.05) is 63.4 Å². The van der Waals surface area contributed by atoms with E-state index in [9.17, 15) is 9.59 Å². The van der Waals surface area contributed by atoms with E-state index in [-0.39, 0.29) is 18.2 Å². The Bertz CT molecular complexity index is 1140. The molecule has 0 atom stereocenters. The summed E-state index contributed by atoms with van der Waals surface area (Å²) in [7, 11) is 0. The molecule has 0 spiro atoms. The number of nitrogens with zero attached hydrogens (tertiary/aromatic N) is 2. The number of hydrogen-bond donors (Lipinski definition) is 1. The summed E-state index contributed by atoms with van der Waals surface area (Å²) >= 11 is 9.97. The molecule has 170 valence electrons. The standard InChI is InChI=1S/C26H25BrClN3O2/c1-18-5-9-20(10-6-18)26(33)31-15-13-30(14-16-31)25-22(28)3-2-4-23(25)29-24(32)17-19-7-11-21(27)12-8-19/h2-12H,13-17H2,1H3,(H,29,32). The van der Waals surface area contributed by atoms with Crippen molar-refractivity contribution in [2.24, 2.45) is 0 Å². The Kier molecular flexibility index (Phi) is 7.36. The summed E-state index contributed by atoms with van der Waals surface area (Å²) in [5.74, 6) is -0.0640. The molecule has 0 unspecified atom stereocenters. The van der Waals surface area contributed by atoms with E-state index in [0.29, 0.717) is 42.5 Å². The van der Waals surface area contributed by atoms with E-state index < -0.39 is 0 Å². The molecule has 0 bridgehead atoms. The van der Waals surface area contributed by atoms with Crippen LogP contribution in [-0.4, -0.2) is 42.9 Å². The van der Waals surface area contributed by atoms with Crippen molar-refractivity contribution in [1.82, 2.24) is 4.90 Å². The maximum Gasteiger partial charge on any atom is 0.253 e. The van der Waals surface area contributed by atoms with Gasteiger partial charge in [0.1, 0.15) is 0 Å². The van der Waals surface area contributed by atoms with Gasteiger partial charge in [-0.05, 0) is 48.9 Å². The molecule has 1 aliphatic rings. The zero-order chi connectivity index (χ0) is 23.4. The fourth-order valence-electron chi connectivity index (χ4n) is 3.93. The third-order valence-electron chi connectivity index (χ3n) is 5.72. The Morgan fingerprint density at radius 3 is 2.27 bits per heavy atom. The number of para-hydroxylation sites is 1. The van der Waals surface area contributed by atoms with Gasteiger partial charge in [-0.15, -0.1) is 0 Å². The topological polar surface area (TPSA) is 52.7 Å². The van der Waals surface area contributed by atoms with Gasteiger partial charge in [-0.25, -0.2) is 0 Å². The van der Waals surface area contributed by atoms with Crippen LogP contribution in [-0.2, 0) is 11.2 Å². The van der Waals surface area contributed by atoms with Gasteiger partial charge in [-0.2, -0.15) is 0 Å². The van der Waals surface area contributed by atoms with E-state index in [4.69, 9.17) is 11.6 Å². The van der Waals surface area contributed by atoms with E-state index in [1.807, 2.05) is 78.6 Å². The molecule has 1 fully saturated rings. The highest BCUT2D eigenvalue weighted by atomic mass is 79.9. The van der Waals surface area contributed by atoms with E-state index in [1.54, 1.807) is 0 Å². The highest BCUT2D eigenvalue weighted by molar-refractivity contribution is 9.10. The third kappa shape index (κ3) is 5.75. The number of carbonyl (C=O) groups is 2. The average Bonchev–Trinajstić information content (AvgIpc) is 2.81. The minimum absolute atomic E-state index is 0.0387. The Morgan fingerprint density at radius 1 is 0.939 bits per heavy atom. The van der Waals surface area contributed by atoms with Gasteiger partial charge >= 0.3 is 0 Å². The number of aryl methyl sites for hydroxylation is 1. The first-order valence-electron chi connectivity index (χ1n) is 10.8. The highest BCUT2D eigenvalue weighted by Crippen LogP contribution is 2.35. The third-order valence-corrected chi connectivity index (χ3v) is 6.55. The molecule has 2 amide bonds. The van der Waals surface area contributed by atoms with Crippen LogP contribution in [0.2, 0.25) is 5.02 Å². The van der Waals surface area contributed by atoms with Crippen molar-refractivity contribution in [2.75, 3.05) is 36.4 Å². The first kappa shape index (κ1) is 23.3. The first-order valence-corrected chi connectivity index (χ1v) is 12.0. The average molecular weight is 527 g/mol. The lowest BCUT2D eigenvalue weighted by Gasteiger charge is -2.37. The fraction of sp³-hybridized carbons (Fsp3) is 0.231. The minimum Gasteiger partial charge on any atom is -0.365 e. The van der Waals surface area contributed by atoms with Crippen molar-refractivity contribution >= 4 is 50.7 Å². The number of halogens is 2. The molecule has 7 heteroatoms. The quantitative estimate of drug-likeness (QED) is 0.474. The first-order chi connectivity index (χ1) is 15.9. The van der Waals surface area contributed by atoms with Crippen LogP contribution >= 0.6 is 27.5 Å². The second kappa shape index (κ2) is 10.4. The molecule has 33 heavy (non-hydrogen) atoms. The molecule has 1 saturated heterocycles. The molecule has 1 heterocycles. The molecule has 0 aliphatic carbocycles. The van der Waals surface area contributed by atoms with E-state index in [1.165, 1.54) is 0 Å². The maximum absolute atomic E-state index is 12.8.